The van der Waals surface area contributed by atoms with E-state index in [4.69, 9.17) is 11.6 Å². The van der Waals surface area contributed by atoms with Crippen LogP contribution in [0.1, 0.15) is 42.9 Å². The van der Waals surface area contributed by atoms with Gasteiger partial charge in [0.1, 0.15) is 15.5 Å². The van der Waals surface area contributed by atoms with Crippen LogP contribution in [0.3, 0.4) is 0 Å². The fourth-order valence-corrected chi connectivity index (χ4v) is 8.20. The van der Waals surface area contributed by atoms with Gasteiger partial charge in [0.05, 0.1) is 17.0 Å². The van der Waals surface area contributed by atoms with Crippen LogP contribution in [-0.4, -0.2) is 59.1 Å². The van der Waals surface area contributed by atoms with Crippen molar-refractivity contribution >= 4 is 32.3 Å². The summed E-state index contributed by atoms with van der Waals surface area (Å²) in [6, 6.07) is 8.79. The minimum absolute atomic E-state index is 0.353. The third-order valence-corrected chi connectivity index (χ3v) is 10.2. The maximum atomic E-state index is 11.8. The van der Waals surface area contributed by atoms with Gasteiger partial charge in [0.25, 0.3) is 0 Å². The summed E-state index contributed by atoms with van der Waals surface area (Å²) in [5, 5.41) is 9.67. The third-order valence-electron chi connectivity index (χ3n) is 8.11. The summed E-state index contributed by atoms with van der Waals surface area (Å²) in [7, 11) is -2.81. The molecule has 3 fully saturated rings. The van der Waals surface area contributed by atoms with E-state index in [2.05, 4.69) is 32.2 Å². The largest absolute Gasteiger partial charge is 0.300 e. The van der Waals surface area contributed by atoms with Gasteiger partial charge in [-0.25, -0.2) is 8.42 Å². The van der Waals surface area contributed by atoms with Gasteiger partial charge in [-0.2, -0.15) is 5.10 Å². The normalized spacial score (nSPS) is 27.9. The summed E-state index contributed by atoms with van der Waals surface area (Å²) in [5.74, 6) is 2.52. The number of halogens is 1. The Kier molecular flexibility index (Phi) is 5.27. The lowest BCUT2D eigenvalue weighted by atomic mass is 9.93. The molecule has 174 valence electrons. The highest BCUT2D eigenvalue weighted by Crippen LogP contribution is 2.49. The Morgan fingerprint density at radius 3 is 2.52 bits per heavy atom. The molecule has 3 aliphatic rings. The molecule has 6 nitrogen and oxygen atoms in total. The highest BCUT2D eigenvalue weighted by atomic mass is 35.5. The van der Waals surface area contributed by atoms with Crippen LogP contribution in [0.5, 0.6) is 0 Å². The molecule has 1 N–H and O–H groups in total. The van der Waals surface area contributed by atoms with Crippen LogP contribution in [0.25, 0.3) is 22.2 Å². The van der Waals surface area contributed by atoms with E-state index in [0.717, 1.165) is 71.6 Å². The van der Waals surface area contributed by atoms with Crippen molar-refractivity contribution in [2.24, 2.45) is 11.8 Å². The van der Waals surface area contributed by atoms with Gasteiger partial charge in [0.15, 0.2) is 0 Å². The SMILES string of the molecule is Cc1cc(-c2n[nH]c3cc(Cl)c(C4C[C@@H]5CN(C6CCS(=O)(=O)CC6)C[C@@H]5C4)cc23)ccn1. The molecule has 0 amide bonds. The van der Waals surface area contributed by atoms with Crippen molar-refractivity contribution in [3.63, 3.8) is 0 Å². The molecule has 3 aromatic rings. The molecule has 0 bridgehead atoms. The maximum Gasteiger partial charge on any atom is 0.150 e. The van der Waals surface area contributed by atoms with Gasteiger partial charge in [0, 0.05) is 47.0 Å². The quantitative estimate of drug-likeness (QED) is 0.588. The number of aromatic amines is 1. The van der Waals surface area contributed by atoms with Crippen LogP contribution in [-0.2, 0) is 9.84 Å². The molecule has 0 spiro atoms. The first kappa shape index (κ1) is 21.6. The van der Waals surface area contributed by atoms with Crippen molar-refractivity contribution in [3.05, 3.63) is 46.7 Å². The third kappa shape index (κ3) is 3.98. The van der Waals surface area contributed by atoms with Crippen LogP contribution in [0, 0.1) is 18.8 Å². The molecule has 2 aromatic heterocycles. The molecule has 4 heterocycles. The smallest absolute Gasteiger partial charge is 0.150 e. The van der Waals surface area contributed by atoms with Crippen LogP contribution in [0.2, 0.25) is 5.02 Å². The first-order chi connectivity index (χ1) is 15.9. The molecule has 2 saturated heterocycles. The zero-order valence-corrected chi connectivity index (χ0v) is 20.4. The number of nitrogens with one attached hydrogen (secondary N) is 1. The first-order valence-corrected chi connectivity index (χ1v) is 14.1. The van der Waals surface area contributed by atoms with Gasteiger partial charge in [0.2, 0.25) is 0 Å². The number of sulfone groups is 1. The lowest BCUT2D eigenvalue weighted by molar-refractivity contribution is 0.208. The summed E-state index contributed by atoms with van der Waals surface area (Å²) < 4.78 is 23.6. The average molecular weight is 485 g/mol. The predicted molar refractivity (Wildman–Crippen MR) is 131 cm³/mol. The van der Waals surface area contributed by atoms with Gasteiger partial charge in [-0.15, -0.1) is 0 Å². The molecule has 6 rings (SSSR count). The maximum absolute atomic E-state index is 11.8. The lowest BCUT2D eigenvalue weighted by Gasteiger charge is -2.31. The van der Waals surface area contributed by atoms with Crippen molar-refractivity contribution in [1.82, 2.24) is 20.1 Å². The van der Waals surface area contributed by atoms with E-state index in [-0.39, 0.29) is 0 Å². The number of hydrogen-bond acceptors (Lipinski definition) is 5. The van der Waals surface area contributed by atoms with Crippen molar-refractivity contribution in [1.29, 1.82) is 0 Å². The highest BCUT2D eigenvalue weighted by Gasteiger charge is 2.44. The number of pyridine rings is 1. The Hall–Kier alpha value is -1.96. The second-order valence-electron chi connectivity index (χ2n) is 10.2. The molecule has 1 aromatic carbocycles. The molecule has 1 unspecified atom stereocenters. The topological polar surface area (TPSA) is 79.0 Å². The Morgan fingerprint density at radius 1 is 1.09 bits per heavy atom. The Balaban J connectivity index is 1.21. The first-order valence-electron chi connectivity index (χ1n) is 11.9. The average Bonchev–Trinajstić information content (AvgIpc) is 3.46. The van der Waals surface area contributed by atoms with E-state index >= 15 is 0 Å². The second kappa shape index (κ2) is 8.07. The number of benzene rings is 1. The fourth-order valence-electron chi connectivity index (χ4n) is 6.41. The van der Waals surface area contributed by atoms with E-state index in [1.165, 1.54) is 5.56 Å². The monoisotopic (exact) mass is 484 g/mol. The molecular weight excluding hydrogens is 456 g/mol. The number of fused-ring (bicyclic) bond motifs is 2. The molecule has 0 radical (unpaired) electrons. The van der Waals surface area contributed by atoms with Gasteiger partial charge in [-0.3, -0.25) is 15.0 Å². The predicted octanol–water partition coefficient (Wildman–Crippen LogP) is 4.59. The van der Waals surface area contributed by atoms with E-state index < -0.39 is 9.84 Å². The summed E-state index contributed by atoms with van der Waals surface area (Å²) in [5.41, 5.74) is 5.19. The van der Waals surface area contributed by atoms with Crippen LogP contribution in [0.4, 0.5) is 0 Å². The number of aromatic nitrogens is 3. The van der Waals surface area contributed by atoms with Gasteiger partial charge < -0.3 is 0 Å². The van der Waals surface area contributed by atoms with Crippen molar-refractivity contribution in [3.8, 4) is 11.3 Å². The minimum Gasteiger partial charge on any atom is -0.300 e. The molecule has 33 heavy (non-hydrogen) atoms. The number of nitrogens with zero attached hydrogens (tertiary/aromatic N) is 3. The van der Waals surface area contributed by atoms with E-state index in [1.54, 1.807) is 0 Å². The number of likely N-dealkylation sites (tertiary alicyclic amines) is 1. The van der Waals surface area contributed by atoms with Gasteiger partial charge >= 0.3 is 0 Å². The zero-order valence-electron chi connectivity index (χ0n) is 18.8. The van der Waals surface area contributed by atoms with Crippen molar-refractivity contribution < 1.29 is 8.42 Å². The van der Waals surface area contributed by atoms with Crippen LogP contribution < -0.4 is 0 Å². The molecule has 3 atom stereocenters. The van der Waals surface area contributed by atoms with E-state index in [1.807, 2.05) is 25.3 Å². The number of rotatable bonds is 3. The highest BCUT2D eigenvalue weighted by molar-refractivity contribution is 7.91. The number of aryl methyl sites for hydroxylation is 1. The summed E-state index contributed by atoms with van der Waals surface area (Å²) in [6.45, 7) is 4.19. The second-order valence-corrected chi connectivity index (χ2v) is 12.9. The number of H-pyrrole nitrogens is 1. The van der Waals surface area contributed by atoms with E-state index in [9.17, 15) is 8.42 Å². The molecule has 1 saturated carbocycles. The van der Waals surface area contributed by atoms with Crippen molar-refractivity contribution in [2.75, 3.05) is 24.6 Å². The van der Waals surface area contributed by atoms with Gasteiger partial charge in [-0.1, -0.05) is 11.6 Å². The molecular formula is C25H29ClN4O2S. The lowest BCUT2D eigenvalue weighted by Crippen LogP contribution is -2.40. The Labute approximate surface area is 199 Å². The van der Waals surface area contributed by atoms with Crippen LogP contribution in [0.15, 0.2) is 30.5 Å². The summed E-state index contributed by atoms with van der Waals surface area (Å²) >= 11 is 6.77. The van der Waals surface area contributed by atoms with E-state index in [0.29, 0.717) is 35.3 Å². The molecule has 2 aliphatic heterocycles. The van der Waals surface area contributed by atoms with Crippen molar-refractivity contribution in [2.45, 2.75) is 44.6 Å². The standard InChI is InChI=1S/C25H29ClN4O2S/c1-15-8-16(2-5-27-15)25-22-11-21(23(26)12-24(22)28-29-25)17-9-18-13-30(14-19(18)10-17)20-3-6-33(31,32)7-4-20/h2,5,8,11-12,17-20H,3-4,6-7,9-10,13-14H2,1H3,(H,28,29)/t17?,18-,19+. The molecule has 1 aliphatic carbocycles. The Morgan fingerprint density at radius 2 is 1.82 bits per heavy atom. The number of hydrogen-bond donors (Lipinski definition) is 1. The fraction of sp³-hybridized carbons (Fsp3) is 0.520. The zero-order chi connectivity index (χ0) is 22.7. The summed E-state index contributed by atoms with van der Waals surface area (Å²) in [6.07, 6.45) is 5.72. The molecule has 8 heteroatoms. The summed E-state index contributed by atoms with van der Waals surface area (Å²) in [4.78, 5) is 6.89. The van der Waals surface area contributed by atoms with Crippen LogP contribution >= 0.6 is 11.6 Å². The van der Waals surface area contributed by atoms with Gasteiger partial charge in [-0.05, 0) is 80.2 Å². The Bertz CT molecular complexity index is 1290. The minimum atomic E-state index is -2.81.